The van der Waals surface area contributed by atoms with Crippen molar-refractivity contribution in [3.8, 4) is 0 Å². The SMILES string of the molecule is O=C(O)CCCCC(=S)S. The average molecular weight is 178 g/mol. The molecule has 10 heavy (non-hydrogen) atoms. The van der Waals surface area contributed by atoms with Gasteiger partial charge in [0.1, 0.15) is 0 Å². The summed E-state index contributed by atoms with van der Waals surface area (Å²) in [5.41, 5.74) is 0. The van der Waals surface area contributed by atoms with Crippen molar-refractivity contribution in [2.75, 3.05) is 0 Å². The Kier molecular flexibility index (Phi) is 5.63. The first kappa shape index (κ1) is 9.91. The van der Waals surface area contributed by atoms with E-state index in [2.05, 4.69) is 12.6 Å². The maximum atomic E-state index is 9.99. The van der Waals surface area contributed by atoms with E-state index >= 15 is 0 Å². The number of rotatable bonds is 5. The Hall–Kier alpha value is -0.0900. The van der Waals surface area contributed by atoms with Crippen molar-refractivity contribution >= 4 is 35.0 Å². The molecule has 2 nitrogen and oxygen atoms in total. The van der Waals surface area contributed by atoms with Gasteiger partial charge >= 0.3 is 5.97 Å². The van der Waals surface area contributed by atoms with Crippen LogP contribution in [0.5, 0.6) is 0 Å². The Labute approximate surface area is 71.0 Å². The molecule has 0 aromatic heterocycles. The summed E-state index contributed by atoms with van der Waals surface area (Å²) >= 11 is 8.60. The fourth-order valence-corrected chi connectivity index (χ4v) is 0.855. The number of hydrogen-bond donors (Lipinski definition) is 2. The molecule has 0 atom stereocenters. The lowest BCUT2D eigenvalue weighted by molar-refractivity contribution is -0.137. The maximum absolute atomic E-state index is 9.99. The molecule has 4 heteroatoms. The predicted molar refractivity (Wildman–Crippen MR) is 47.7 cm³/mol. The van der Waals surface area contributed by atoms with Crippen LogP contribution in [0.15, 0.2) is 0 Å². The van der Waals surface area contributed by atoms with E-state index in [-0.39, 0.29) is 6.42 Å². The molecular weight excluding hydrogens is 168 g/mol. The number of carboxylic acid groups (broad SMARTS) is 1. The zero-order valence-electron chi connectivity index (χ0n) is 5.54. The number of thiol groups is 1. The van der Waals surface area contributed by atoms with Gasteiger partial charge < -0.3 is 5.11 Å². The average Bonchev–Trinajstić information content (AvgIpc) is 1.79. The number of aliphatic carboxylic acids is 1. The standard InChI is InChI=1S/C6H10O2S2/c7-5(8)3-1-2-4-6(9)10/h1-4H2,(H,7,8)(H,9,10). The lowest BCUT2D eigenvalue weighted by atomic mass is 10.2. The Morgan fingerprint density at radius 2 is 1.90 bits per heavy atom. The van der Waals surface area contributed by atoms with Crippen LogP contribution < -0.4 is 0 Å². The van der Waals surface area contributed by atoms with E-state index in [1.165, 1.54) is 0 Å². The van der Waals surface area contributed by atoms with Crippen LogP contribution in [-0.4, -0.2) is 15.3 Å². The highest BCUT2D eigenvalue weighted by molar-refractivity contribution is 8.11. The lowest BCUT2D eigenvalue weighted by Gasteiger charge is -1.94. The van der Waals surface area contributed by atoms with Crippen LogP contribution in [-0.2, 0) is 4.79 Å². The zero-order chi connectivity index (χ0) is 7.98. The fourth-order valence-electron chi connectivity index (χ4n) is 0.552. The first-order chi connectivity index (χ1) is 4.63. The van der Waals surface area contributed by atoms with Gasteiger partial charge in [0, 0.05) is 10.6 Å². The van der Waals surface area contributed by atoms with Crippen LogP contribution in [0.3, 0.4) is 0 Å². The van der Waals surface area contributed by atoms with Crippen molar-refractivity contribution in [1.29, 1.82) is 0 Å². The van der Waals surface area contributed by atoms with Gasteiger partial charge in [0.2, 0.25) is 0 Å². The molecule has 0 radical (unpaired) electrons. The van der Waals surface area contributed by atoms with Gasteiger partial charge in [0.15, 0.2) is 0 Å². The van der Waals surface area contributed by atoms with Crippen LogP contribution in [0, 0.1) is 0 Å². The molecular formula is C6H10O2S2. The summed E-state index contributed by atoms with van der Waals surface area (Å²) in [5.74, 6) is -0.745. The molecule has 0 aliphatic heterocycles. The highest BCUT2D eigenvalue weighted by Crippen LogP contribution is 2.03. The van der Waals surface area contributed by atoms with Crippen LogP contribution in [0.4, 0.5) is 0 Å². The summed E-state index contributed by atoms with van der Waals surface area (Å²) in [6.45, 7) is 0. The molecule has 0 aliphatic carbocycles. The normalized spacial score (nSPS) is 9.30. The molecule has 1 N–H and O–H groups in total. The van der Waals surface area contributed by atoms with Crippen LogP contribution >= 0.6 is 24.8 Å². The van der Waals surface area contributed by atoms with Crippen molar-refractivity contribution in [3.05, 3.63) is 0 Å². The molecule has 0 aliphatic rings. The summed E-state index contributed by atoms with van der Waals surface area (Å²) < 4.78 is 0.658. The van der Waals surface area contributed by atoms with Gasteiger partial charge in [-0.05, 0) is 19.3 Å². The minimum atomic E-state index is -0.745. The van der Waals surface area contributed by atoms with Gasteiger partial charge in [-0.15, -0.1) is 12.6 Å². The first-order valence-electron chi connectivity index (χ1n) is 3.06. The van der Waals surface area contributed by atoms with Gasteiger partial charge in [-0.2, -0.15) is 0 Å². The quantitative estimate of drug-likeness (QED) is 0.383. The second-order valence-electron chi connectivity index (χ2n) is 1.99. The van der Waals surface area contributed by atoms with E-state index in [4.69, 9.17) is 17.3 Å². The van der Waals surface area contributed by atoms with Crippen LogP contribution in [0.2, 0.25) is 0 Å². The Morgan fingerprint density at radius 1 is 1.40 bits per heavy atom. The van der Waals surface area contributed by atoms with Crippen molar-refractivity contribution in [1.82, 2.24) is 0 Å². The molecule has 0 aromatic carbocycles. The Balaban J connectivity index is 3.06. The van der Waals surface area contributed by atoms with Crippen molar-refractivity contribution in [2.24, 2.45) is 0 Å². The number of carbonyl (C=O) groups is 1. The molecule has 0 rings (SSSR count). The molecule has 0 fully saturated rings. The smallest absolute Gasteiger partial charge is 0.303 e. The number of carboxylic acids is 1. The summed E-state index contributed by atoms with van der Waals surface area (Å²) in [6, 6.07) is 0. The van der Waals surface area contributed by atoms with Gasteiger partial charge in [-0.1, -0.05) is 12.2 Å². The maximum Gasteiger partial charge on any atom is 0.303 e. The van der Waals surface area contributed by atoms with E-state index in [0.717, 1.165) is 12.8 Å². The van der Waals surface area contributed by atoms with Crippen molar-refractivity contribution < 1.29 is 9.90 Å². The molecule has 0 heterocycles. The number of thiocarbonyl (C=S) groups is 1. The second-order valence-corrected chi connectivity index (χ2v) is 3.33. The molecule has 0 amide bonds. The van der Waals surface area contributed by atoms with Crippen molar-refractivity contribution in [3.63, 3.8) is 0 Å². The molecule has 0 bridgehead atoms. The van der Waals surface area contributed by atoms with Gasteiger partial charge in [-0.3, -0.25) is 4.79 Å². The number of hydrogen-bond acceptors (Lipinski definition) is 2. The van der Waals surface area contributed by atoms with E-state index in [1.54, 1.807) is 0 Å². The molecule has 0 saturated carbocycles. The molecule has 58 valence electrons. The van der Waals surface area contributed by atoms with E-state index < -0.39 is 5.97 Å². The van der Waals surface area contributed by atoms with Gasteiger partial charge in [0.05, 0.1) is 0 Å². The fraction of sp³-hybridized carbons (Fsp3) is 0.667. The summed E-state index contributed by atoms with van der Waals surface area (Å²) in [5, 5.41) is 8.23. The lowest BCUT2D eigenvalue weighted by Crippen LogP contribution is -1.94. The van der Waals surface area contributed by atoms with E-state index in [0.29, 0.717) is 10.6 Å². The molecule has 0 unspecified atom stereocenters. The summed E-state index contributed by atoms with van der Waals surface area (Å²) in [7, 11) is 0. The highest BCUT2D eigenvalue weighted by Gasteiger charge is 1.96. The molecule has 0 spiro atoms. The van der Waals surface area contributed by atoms with Gasteiger partial charge in [-0.25, -0.2) is 0 Å². The van der Waals surface area contributed by atoms with E-state index in [9.17, 15) is 4.79 Å². The topological polar surface area (TPSA) is 37.3 Å². The Bertz CT molecular complexity index is 118. The van der Waals surface area contributed by atoms with Crippen molar-refractivity contribution in [2.45, 2.75) is 25.7 Å². The minimum Gasteiger partial charge on any atom is -0.481 e. The number of unbranched alkanes of at least 4 members (excludes halogenated alkanes) is 1. The minimum absolute atomic E-state index is 0.233. The second kappa shape index (κ2) is 5.68. The van der Waals surface area contributed by atoms with Crippen LogP contribution in [0.25, 0.3) is 0 Å². The summed E-state index contributed by atoms with van der Waals surface area (Å²) in [6.07, 6.45) is 2.49. The molecule has 0 saturated heterocycles. The van der Waals surface area contributed by atoms with E-state index in [1.807, 2.05) is 0 Å². The highest BCUT2D eigenvalue weighted by atomic mass is 32.1. The monoisotopic (exact) mass is 178 g/mol. The Morgan fingerprint density at radius 3 is 2.30 bits per heavy atom. The first-order valence-corrected chi connectivity index (χ1v) is 3.92. The third-order valence-electron chi connectivity index (χ3n) is 1.03. The van der Waals surface area contributed by atoms with Crippen LogP contribution in [0.1, 0.15) is 25.7 Å². The molecule has 0 aromatic rings. The summed E-state index contributed by atoms with van der Waals surface area (Å²) in [4.78, 5) is 9.99. The third-order valence-corrected chi connectivity index (χ3v) is 1.46. The van der Waals surface area contributed by atoms with Gasteiger partial charge in [0.25, 0.3) is 0 Å². The predicted octanol–water partition coefficient (Wildman–Crippen LogP) is 1.89. The zero-order valence-corrected chi connectivity index (χ0v) is 7.25. The largest absolute Gasteiger partial charge is 0.481 e. The third kappa shape index (κ3) is 7.91.